The summed E-state index contributed by atoms with van der Waals surface area (Å²) in [6.45, 7) is 2.62. The molecule has 0 bridgehead atoms. The van der Waals surface area contributed by atoms with Crippen LogP contribution < -0.4 is 10.2 Å². The number of nitrogens with zero attached hydrogens (tertiary/aromatic N) is 1. The van der Waals surface area contributed by atoms with Crippen molar-refractivity contribution in [3.63, 3.8) is 0 Å². The molecule has 2 aromatic rings. The molecule has 0 spiro atoms. The zero-order valence-electron chi connectivity index (χ0n) is 12.6. The van der Waals surface area contributed by atoms with E-state index in [-0.39, 0.29) is 0 Å². The summed E-state index contributed by atoms with van der Waals surface area (Å²) in [7, 11) is 4.03. The molecule has 0 heterocycles. The Kier molecular flexibility index (Phi) is 4.48. The van der Waals surface area contributed by atoms with Gasteiger partial charge >= 0.3 is 5.97 Å². The van der Waals surface area contributed by atoms with Gasteiger partial charge in [-0.1, -0.05) is 12.1 Å². The van der Waals surface area contributed by atoms with Crippen LogP contribution in [-0.2, 0) is 6.54 Å². The van der Waals surface area contributed by atoms with Gasteiger partial charge in [0.15, 0.2) is 0 Å². The standard InChI is InChI=1S/C17H20N2O2/c1-12-10-14(17(20)21)6-9-16(12)18-11-13-4-7-15(8-5-13)19(2)3/h4-10,18H,11H2,1-3H3,(H,20,21). The van der Waals surface area contributed by atoms with Gasteiger partial charge in [0, 0.05) is 32.0 Å². The lowest BCUT2D eigenvalue weighted by molar-refractivity contribution is 0.0697. The van der Waals surface area contributed by atoms with Crippen molar-refractivity contribution in [1.29, 1.82) is 0 Å². The fourth-order valence-electron chi connectivity index (χ4n) is 2.10. The van der Waals surface area contributed by atoms with Gasteiger partial charge in [-0.15, -0.1) is 0 Å². The SMILES string of the molecule is Cc1cc(C(=O)O)ccc1NCc1ccc(N(C)C)cc1. The van der Waals surface area contributed by atoms with Crippen LogP contribution in [0.5, 0.6) is 0 Å². The minimum atomic E-state index is -0.899. The maximum atomic E-state index is 10.9. The zero-order chi connectivity index (χ0) is 15.4. The summed E-state index contributed by atoms with van der Waals surface area (Å²) >= 11 is 0. The maximum Gasteiger partial charge on any atom is 0.335 e. The largest absolute Gasteiger partial charge is 0.478 e. The Bertz CT molecular complexity index is 634. The molecule has 0 saturated heterocycles. The highest BCUT2D eigenvalue weighted by molar-refractivity contribution is 5.88. The number of carbonyl (C=O) groups is 1. The first-order valence-electron chi connectivity index (χ1n) is 6.81. The van der Waals surface area contributed by atoms with E-state index >= 15 is 0 Å². The number of benzene rings is 2. The molecular weight excluding hydrogens is 264 g/mol. The molecule has 0 atom stereocenters. The number of hydrogen-bond acceptors (Lipinski definition) is 3. The molecule has 0 saturated carbocycles. The van der Waals surface area contributed by atoms with Gasteiger partial charge in [-0.25, -0.2) is 4.79 Å². The summed E-state index contributed by atoms with van der Waals surface area (Å²) in [5, 5.41) is 12.3. The van der Waals surface area contributed by atoms with E-state index in [9.17, 15) is 4.79 Å². The lowest BCUT2D eigenvalue weighted by Gasteiger charge is -2.14. The normalized spacial score (nSPS) is 10.2. The number of carboxylic acid groups (broad SMARTS) is 1. The topological polar surface area (TPSA) is 52.6 Å². The molecule has 110 valence electrons. The number of carboxylic acids is 1. The van der Waals surface area contributed by atoms with Crippen LogP contribution >= 0.6 is 0 Å². The lowest BCUT2D eigenvalue weighted by Crippen LogP contribution is -2.08. The average molecular weight is 284 g/mol. The second-order valence-electron chi connectivity index (χ2n) is 5.25. The number of anilines is 2. The predicted molar refractivity (Wildman–Crippen MR) is 86.2 cm³/mol. The highest BCUT2D eigenvalue weighted by Crippen LogP contribution is 2.18. The van der Waals surface area contributed by atoms with Crippen molar-refractivity contribution in [3.05, 3.63) is 59.2 Å². The molecule has 2 rings (SSSR count). The summed E-state index contributed by atoms with van der Waals surface area (Å²) < 4.78 is 0. The number of nitrogens with one attached hydrogen (secondary N) is 1. The van der Waals surface area contributed by atoms with E-state index in [0.717, 1.165) is 11.3 Å². The van der Waals surface area contributed by atoms with E-state index in [1.54, 1.807) is 12.1 Å². The van der Waals surface area contributed by atoms with Crippen molar-refractivity contribution in [1.82, 2.24) is 0 Å². The van der Waals surface area contributed by atoms with Gasteiger partial charge in [0.25, 0.3) is 0 Å². The first-order valence-corrected chi connectivity index (χ1v) is 6.81. The van der Waals surface area contributed by atoms with Crippen LogP contribution in [-0.4, -0.2) is 25.2 Å². The predicted octanol–water partition coefficient (Wildman–Crippen LogP) is 3.37. The third-order valence-electron chi connectivity index (χ3n) is 3.41. The van der Waals surface area contributed by atoms with E-state index in [1.807, 2.05) is 27.1 Å². The van der Waals surface area contributed by atoms with Crippen molar-refractivity contribution in [2.75, 3.05) is 24.3 Å². The van der Waals surface area contributed by atoms with Crippen LogP contribution in [0.3, 0.4) is 0 Å². The molecule has 0 radical (unpaired) electrons. The van der Waals surface area contributed by atoms with Crippen molar-refractivity contribution in [2.24, 2.45) is 0 Å². The number of aryl methyl sites for hydroxylation is 1. The monoisotopic (exact) mass is 284 g/mol. The second-order valence-corrected chi connectivity index (χ2v) is 5.25. The van der Waals surface area contributed by atoms with Crippen LogP contribution in [0.4, 0.5) is 11.4 Å². The molecule has 2 N–H and O–H groups in total. The molecular formula is C17H20N2O2. The van der Waals surface area contributed by atoms with Crippen LogP contribution in [0.25, 0.3) is 0 Å². The van der Waals surface area contributed by atoms with E-state index in [1.165, 1.54) is 11.3 Å². The molecule has 0 fully saturated rings. The van der Waals surface area contributed by atoms with Crippen molar-refractivity contribution in [2.45, 2.75) is 13.5 Å². The van der Waals surface area contributed by atoms with Crippen molar-refractivity contribution >= 4 is 17.3 Å². The molecule has 0 aromatic heterocycles. The molecule has 4 nitrogen and oxygen atoms in total. The molecule has 0 aliphatic rings. The Morgan fingerprint density at radius 3 is 2.33 bits per heavy atom. The third kappa shape index (κ3) is 3.75. The van der Waals surface area contributed by atoms with Gasteiger partial charge in [0.1, 0.15) is 0 Å². The van der Waals surface area contributed by atoms with Crippen LogP contribution in [0.15, 0.2) is 42.5 Å². The fraction of sp³-hybridized carbons (Fsp3) is 0.235. The summed E-state index contributed by atoms with van der Waals surface area (Å²) in [6.07, 6.45) is 0. The molecule has 0 unspecified atom stereocenters. The molecule has 0 aliphatic heterocycles. The van der Waals surface area contributed by atoms with E-state index < -0.39 is 5.97 Å². The second kappa shape index (κ2) is 6.31. The number of hydrogen-bond donors (Lipinski definition) is 2. The summed E-state index contributed by atoms with van der Waals surface area (Å²) in [4.78, 5) is 13.0. The summed E-state index contributed by atoms with van der Waals surface area (Å²) in [6, 6.07) is 13.4. The Hall–Kier alpha value is -2.49. The quantitative estimate of drug-likeness (QED) is 0.884. The Balaban J connectivity index is 2.04. The van der Waals surface area contributed by atoms with Gasteiger partial charge in [-0.05, 0) is 48.4 Å². The lowest BCUT2D eigenvalue weighted by atomic mass is 10.1. The Morgan fingerprint density at radius 1 is 1.14 bits per heavy atom. The highest BCUT2D eigenvalue weighted by atomic mass is 16.4. The van der Waals surface area contributed by atoms with Crippen LogP contribution in [0, 0.1) is 6.92 Å². The van der Waals surface area contributed by atoms with Gasteiger partial charge in [0.2, 0.25) is 0 Å². The average Bonchev–Trinajstić information content (AvgIpc) is 2.46. The van der Waals surface area contributed by atoms with Gasteiger partial charge in [0.05, 0.1) is 5.56 Å². The fourth-order valence-corrected chi connectivity index (χ4v) is 2.10. The highest BCUT2D eigenvalue weighted by Gasteiger charge is 2.05. The maximum absolute atomic E-state index is 10.9. The first-order chi connectivity index (χ1) is 9.97. The molecule has 0 amide bonds. The third-order valence-corrected chi connectivity index (χ3v) is 3.41. The Morgan fingerprint density at radius 2 is 1.81 bits per heavy atom. The van der Waals surface area contributed by atoms with Crippen molar-refractivity contribution in [3.8, 4) is 0 Å². The molecule has 0 aliphatic carbocycles. The molecule has 2 aromatic carbocycles. The van der Waals surface area contributed by atoms with E-state index in [4.69, 9.17) is 5.11 Å². The zero-order valence-corrected chi connectivity index (χ0v) is 12.6. The van der Waals surface area contributed by atoms with Crippen LogP contribution in [0.2, 0.25) is 0 Å². The number of rotatable bonds is 5. The van der Waals surface area contributed by atoms with Gasteiger partial charge in [-0.2, -0.15) is 0 Å². The molecule has 4 heteroatoms. The van der Waals surface area contributed by atoms with Gasteiger partial charge in [-0.3, -0.25) is 0 Å². The summed E-state index contributed by atoms with van der Waals surface area (Å²) in [5.41, 5.74) is 4.55. The molecule has 21 heavy (non-hydrogen) atoms. The van der Waals surface area contributed by atoms with E-state index in [0.29, 0.717) is 12.1 Å². The Labute approximate surface area is 125 Å². The van der Waals surface area contributed by atoms with Crippen LogP contribution in [0.1, 0.15) is 21.5 Å². The summed E-state index contributed by atoms with van der Waals surface area (Å²) in [5.74, 6) is -0.899. The smallest absolute Gasteiger partial charge is 0.335 e. The van der Waals surface area contributed by atoms with Crippen molar-refractivity contribution < 1.29 is 9.90 Å². The minimum absolute atomic E-state index is 0.313. The number of aromatic carboxylic acids is 1. The first kappa shape index (κ1) is 14.9. The van der Waals surface area contributed by atoms with E-state index in [2.05, 4.69) is 34.5 Å². The minimum Gasteiger partial charge on any atom is -0.478 e. The van der Waals surface area contributed by atoms with Gasteiger partial charge < -0.3 is 15.3 Å².